The van der Waals surface area contributed by atoms with Crippen LogP contribution in [0.4, 0.5) is 17.1 Å². The standard InChI is InChI=1S/C46H31N2OP/c49-50(38-20-8-3-9-21-38)44-31-33-15-11-10-14-32(33)30-42(44)41-29-28-40-39-22-12-13-23-43(39)48(45(40)46(41)50)37-26-24-36(25-27-37)47(34-16-4-1-5-17-34)35-18-6-2-7-19-35/h1-31H. The van der Waals surface area contributed by atoms with Crippen molar-refractivity contribution in [2.24, 2.45) is 0 Å². The summed E-state index contributed by atoms with van der Waals surface area (Å²) in [6.07, 6.45) is 0. The van der Waals surface area contributed by atoms with Gasteiger partial charge in [0.05, 0.1) is 16.3 Å². The fourth-order valence-electron chi connectivity index (χ4n) is 7.93. The minimum Gasteiger partial charge on any atom is -0.311 e. The Morgan fingerprint density at radius 3 is 1.70 bits per heavy atom. The van der Waals surface area contributed by atoms with Gasteiger partial charge in [-0.05, 0) is 88.6 Å². The van der Waals surface area contributed by atoms with Crippen molar-refractivity contribution in [3.63, 3.8) is 0 Å². The summed E-state index contributed by atoms with van der Waals surface area (Å²) >= 11 is 0. The summed E-state index contributed by atoms with van der Waals surface area (Å²) < 4.78 is 18.6. The molecule has 0 saturated carbocycles. The molecular formula is C46H31N2OP. The van der Waals surface area contributed by atoms with Crippen LogP contribution in [0.3, 0.4) is 0 Å². The maximum absolute atomic E-state index is 16.2. The summed E-state index contributed by atoms with van der Waals surface area (Å²) in [5.41, 5.74) is 8.47. The van der Waals surface area contributed by atoms with Crippen LogP contribution < -0.4 is 20.8 Å². The first-order valence-corrected chi connectivity index (χ1v) is 18.7. The maximum Gasteiger partial charge on any atom is 0.174 e. The third kappa shape index (κ3) is 4.21. The summed E-state index contributed by atoms with van der Waals surface area (Å²) in [4.78, 5) is 2.28. The fourth-order valence-corrected chi connectivity index (χ4v) is 11.2. The van der Waals surface area contributed by atoms with Crippen molar-refractivity contribution in [2.75, 3.05) is 4.90 Å². The Bertz CT molecular complexity index is 2730. The molecule has 2 heterocycles. The second-order valence-electron chi connectivity index (χ2n) is 12.9. The van der Waals surface area contributed by atoms with E-state index >= 15 is 4.57 Å². The number of nitrogens with zero attached hydrogens (tertiary/aromatic N) is 2. The highest BCUT2D eigenvalue weighted by Crippen LogP contribution is 2.55. The van der Waals surface area contributed by atoms with E-state index in [-0.39, 0.29) is 0 Å². The molecule has 50 heavy (non-hydrogen) atoms. The molecule has 0 amide bonds. The molecule has 0 spiro atoms. The summed E-state index contributed by atoms with van der Waals surface area (Å²) in [7, 11) is -3.29. The van der Waals surface area contributed by atoms with E-state index in [9.17, 15) is 0 Å². The Balaban J connectivity index is 1.25. The van der Waals surface area contributed by atoms with Crippen LogP contribution in [0.15, 0.2) is 188 Å². The number of fused-ring (bicyclic) bond motifs is 8. The number of benzene rings is 8. The van der Waals surface area contributed by atoms with Gasteiger partial charge in [-0.1, -0.05) is 121 Å². The maximum atomic E-state index is 16.2. The van der Waals surface area contributed by atoms with Crippen LogP contribution >= 0.6 is 7.14 Å². The molecule has 0 radical (unpaired) electrons. The monoisotopic (exact) mass is 658 g/mol. The van der Waals surface area contributed by atoms with Gasteiger partial charge in [-0.3, -0.25) is 0 Å². The third-order valence-electron chi connectivity index (χ3n) is 10.1. The molecule has 9 aromatic rings. The molecule has 1 atom stereocenters. The van der Waals surface area contributed by atoms with Gasteiger partial charge in [-0.15, -0.1) is 0 Å². The van der Waals surface area contributed by atoms with Gasteiger partial charge in [0, 0.05) is 44.1 Å². The van der Waals surface area contributed by atoms with Gasteiger partial charge >= 0.3 is 0 Å². The molecule has 1 aliphatic rings. The molecule has 1 aliphatic heterocycles. The molecule has 1 unspecified atom stereocenters. The molecule has 0 saturated heterocycles. The first-order valence-electron chi connectivity index (χ1n) is 17.0. The SMILES string of the molecule is O=P1(c2ccccc2)c2cc3ccccc3cc2-c2ccc3c4ccccc4n(-c4ccc(N(c5ccccc5)c5ccccc5)cc4)c3c21. The largest absolute Gasteiger partial charge is 0.311 e. The first kappa shape index (κ1) is 28.8. The molecule has 236 valence electrons. The second kappa shape index (κ2) is 11.2. The first-order chi connectivity index (χ1) is 24.7. The fraction of sp³-hybridized carbons (Fsp3) is 0. The number of para-hydroxylation sites is 3. The van der Waals surface area contributed by atoms with Gasteiger partial charge in [0.25, 0.3) is 0 Å². The topological polar surface area (TPSA) is 25.2 Å². The van der Waals surface area contributed by atoms with Crippen LogP contribution in [0.5, 0.6) is 0 Å². The molecule has 0 bridgehead atoms. The zero-order chi connectivity index (χ0) is 33.2. The van der Waals surface area contributed by atoms with Crippen molar-refractivity contribution < 1.29 is 4.57 Å². The molecule has 3 nitrogen and oxygen atoms in total. The lowest BCUT2D eigenvalue weighted by atomic mass is 10.00. The lowest BCUT2D eigenvalue weighted by molar-refractivity contribution is 0.593. The number of rotatable bonds is 5. The van der Waals surface area contributed by atoms with Crippen LogP contribution in [-0.2, 0) is 4.57 Å². The molecule has 0 fully saturated rings. The van der Waals surface area contributed by atoms with Crippen molar-refractivity contribution >= 4 is 72.7 Å². The normalized spacial score (nSPS) is 15.0. The van der Waals surface area contributed by atoms with Gasteiger partial charge in [-0.25, -0.2) is 0 Å². The van der Waals surface area contributed by atoms with E-state index in [1.807, 2.05) is 42.5 Å². The van der Waals surface area contributed by atoms with E-state index in [2.05, 4.69) is 155 Å². The number of anilines is 3. The molecular weight excluding hydrogens is 627 g/mol. The van der Waals surface area contributed by atoms with Crippen LogP contribution in [0.1, 0.15) is 0 Å². The molecule has 8 aromatic carbocycles. The highest BCUT2D eigenvalue weighted by atomic mass is 31.2. The lowest BCUT2D eigenvalue weighted by Crippen LogP contribution is -2.22. The van der Waals surface area contributed by atoms with Crippen LogP contribution in [0, 0.1) is 0 Å². The Morgan fingerprint density at radius 2 is 1.02 bits per heavy atom. The summed E-state index contributed by atoms with van der Waals surface area (Å²) in [5, 5.41) is 7.19. The molecule has 4 heteroatoms. The average molecular weight is 659 g/mol. The Hall–Kier alpha value is -6.15. The van der Waals surface area contributed by atoms with Crippen molar-refractivity contribution in [3.8, 4) is 16.8 Å². The third-order valence-corrected chi connectivity index (χ3v) is 13.3. The van der Waals surface area contributed by atoms with Crippen molar-refractivity contribution in [3.05, 3.63) is 188 Å². The minimum absolute atomic E-state index is 0.858. The molecule has 1 aromatic heterocycles. The van der Waals surface area contributed by atoms with Gasteiger partial charge in [0.1, 0.15) is 0 Å². The van der Waals surface area contributed by atoms with Gasteiger partial charge in [0.15, 0.2) is 7.14 Å². The molecule has 0 N–H and O–H groups in total. The minimum atomic E-state index is -3.29. The summed E-state index contributed by atoms with van der Waals surface area (Å²) in [6.45, 7) is 0. The predicted molar refractivity (Wildman–Crippen MR) is 211 cm³/mol. The number of hydrogen-bond acceptors (Lipinski definition) is 2. The Morgan fingerprint density at radius 1 is 0.460 bits per heavy atom. The van der Waals surface area contributed by atoms with Crippen LogP contribution in [0.2, 0.25) is 0 Å². The van der Waals surface area contributed by atoms with Crippen molar-refractivity contribution in [1.82, 2.24) is 4.57 Å². The van der Waals surface area contributed by atoms with E-state index in [1.54, 1.807) is 0 Å². The Kier molecular flexibility index (Phi) is 6.46. The van der Waals surface area contributed by atoms with Crippen molar-refractivity contribution in [1.29, 1.82) is 0 Å². The van der Waals surface area contributed by atoms with Crippen molar-refractivity contribution in [2.45, 2.75) is 0 Å². The van der Waals surface area contributed by atoms with E-state index in [0.717, 1.165) is 82.4 Å². The molecule has 0 aliphatic carbocycles. The van der Waals surface area contributed by atoms with Gasteiger partial charge in [-0.2, -0.15) is 0 Å². The summed E-state index contributed by atoms with van der Waals surface area (Å²) in [5.74, 6) is 0. The quantitative estimate of drug-likeness (QED) is 0.172. The lowest BCUT2D eigenvalue weighted by Gasteiger charge is -2.25. The zero-order valence-electron chi connectivity index (χ0n) is 27.1. The van der Waals surface area contributed by atoms with E-state index in [1.165, 1.54) is 0 Å². The predicted octanol–water partition coefficient (Wildman–Crippen LogP) is 11.0. The van der Waals surface area contributed by atoms with E-state index in [4.69, 9.17) is 0 Å². The van der Waals surface area contributed by atoms with Gasteiger partial charge < -0.3 is 14.0 Å². The van der Waals surface area contributed by atoms with E-state index < -0.39 is 7.14 Å². The number of aromatic nitrogens is 1. The van der Waals surface area contributed by atoms with Gasteiger partial charge in [0.2, 0.25) is 0 Å². The van der Waals surface area contributed by atoms with Crippen LogP contribution in [0.25, 0.3) is 49.4 Å². The smallest absolute Gasteiger partial charge is 0.174 e. The van der Waals surface area contributed by atoms with Crippen LogP contribution in [-0.4, -0.2) is 4.57 Å². The highest BCUT2D eigenvalue weighted by Gasteiger charge is 2.43. The highest BCUT2D eigenvalue weighted by molar-refractivity contribution is 7.86. The molecule has 10 rings (SSSR count). The summed E-state index contributed by atoms with van der Waals surface area (Å²) in [6, 6.07) is 65.6. The second-order valence-corrected chi connectivity index (χ2v) is 15.6. The number of hydrogen-bond donors (Lipinski definition) is 0. The Labute approximate surface area is 290 Å². The zero-order valence-corrected chi connectivity index (χ0v) is 28.0. The van der Waals surface area contributed by atoms with E-state index in [0.29, 0.717) is 0 Å². The average Bonchev–Trinajstić information content (AvgIpc) is 3.65.